The third kappa shape index (κ3) is 2.54. The molecule has 0 saturated carbocycles. The lowest BCUT2D eigenvalue weighted by molar-refractivity contribution is -0.0573. The molecule has 2 aliphatic heterocycles. The van der Waals surface area contributed by atoms with Gasteiger partial charge in [-0.3, -0.25) is 0 Å². The summed E-state index contributed by atoms with van der Waals surface area (Å²) < 4.78 is 0. The molecule has 2 nitrogen and oxygen atoms in total. The maximum atomic E-state index is 10.7. The maximum Gasteiger partial charge on any atom is 0.0700 e. The minimum Gasteiger partial charge on any atom is -0.390 e. The predicted molar refractivity (Wildman–Crippen MR) is 62.8 cm³/mol. The molecule has 0 amide bonds. The van der Waals surface area contributed by atoms with Gasteiger partial charge in [0, 0.05) is 19.0 Å². The Morgan fingerprint density at radius 2 is 2.07 bits per heavy atom. The summed E-state index contributed by atoms with van der Waals surface area (Å²) in [7, 11) is 0. The van der Waals surface area contributed by atoms with Crippen LogP contribution in [0, 0.1) is 11.3 Å². The molecule has 88 valence electrons. The summed E-state index contributed by atoms with van der Waals surface area (Å²) in [5, 5.41) is 10.7. The van der Waals surface area contributed by atoms with Crippen LogP contribution in [-0.2, 0) is 0 Å². The molecular formula is C13H25NO. The van der Waals surface area contributed by atoms with E-state index in [4.69, 9.17) is 0 Å². The third-order valence-corrected chi connectivity index (χ3v) is 4.20. The standard InChI is InChI=1S/C13H25NO/c1-12(2,3)5-6-13(15)7-9-14-8-4-11(13)10-14/h11,15H,4-10H2,1-3H3. The molecule has 2 heterocycles. The lowest BCUT2D eigenvalue weighted by Crippen LogP contribution is -2.46. The average molecular weight is 211 g/mol. The monoisotopic (exact) mass is 211 g/mol. The van der Waals surface area contributed by atoms with Gasteiger partial charge in [-0.25, -0.2) is 0 Å². The molecule has 0 radical (unpaired) electrons. The average Bonchev–Trinajstić information content (AvgIpc) is 2.54. The fourth-order valence-corrected chi connectivity index (χ4v) is 2.95. The van der Waals surface area contributed by atoms with E-state index in [1.54, 1.807) is 0 Å². The van der Waals surface area contributed by atoms with Crippen molar-refractivity contribution in [3.63, 3.8) is 0 Å². The number of aliphatic hydroxyl groups is 1. The van der Waals surface area contributed by atoms with E-state index in [0.29, 0.717) is 11.3 Å². The molecule has 2 rings (SSSR count). The highest BCUT2D eigenvalue weighted by Crippen LogP contribution is 2.40. The third-order valence-electron chi connectivity index (χ3n) is 4.20. The van der Waals surface area contributed by atoms with E-state index >= 15 is 0 Å². The number of piperidine rings is 1. The molecule has 15 heavy (non-hydrogen) atoms. The number of nitrogens with zero attached hydrogens (tertiary/aromatic N) is 1. The normalized spacial score (nSPS) is 40.8. The lowest BCUT2D eigenvalue weighted by atomic mass is 9.75. The number of fused-ring (bicyclic) bond motifs is 2. The van der Waals surface area contributed by atoms with Crippen molar-refractivity contribution in [3.8, 4) is 0 Å². The van der Waals surface area contributed by atoms with Gasteiger partial charge >= 0.3 is 0 Å². The zero-order valence-corrected chi connectivity index (χ0v) is 10.4. The van der Waals surface area contributed by atoms with Crippen LogP contribution in [-0.4, -0.2) is 35.2 Å². The van der Waals surface area contributed by atoms with Gasteiger partial charge in [0.25, 0.3) is 0 Å². The second-order valence-electron chi connectivity index (χ2n) is 6.70. The first-order valence-electron chi connectivity index (χ1n) is 6.34. The van der Waals surface area contributed by atoms with Crippen LogP contribution in [0.25, 0.3) is 0 Å². The molecule has 1 N–H and O–H groups in total. The second-order valence-corrected chi connectivity index (χ2v) is 6.70. The summed E-state index contributed by atoms with van der Waals surface area (Å²) in [5.74, 6) is 0.550. The van der Waals surface area contributed by atoms with Crippen molar-refractivity contribution in [1.29, 1.82) is 0 Å². The van der Waals surface area contributed by atoms with Crippen LogP contribution >= 0.6 is 0 Å². The highest BCUT2D eigenvalue weighted by Gasteiger charge is 2.44. The minimum atomic E-state index is -0.347. The van der Waals surface area contributed by atoms with Crippen molar-refractivity contribution in [2.75, 3.05) is 19.6 Å². The summed E-state index contributed by atoms with van der Waals surface area (Å²) in [6.45, 7) is 10.3. The van der Waals surface area contributed by atoms with Crippen LogP contribution in [0.2, 0.25) is 0 Å². The van der Waals surface area contributed by atoms with E-state index in [0.717, 1.165) is 32.4 Å². The first kappa shape index (κ1) is 11.4. The molecular weight excluding hydrogens is 186 g/mol. The quantitative estimate of drug-likeness (QED) is 0.757. The molecule has 3 atom stereocenters. The van der Waals surface area contributed by atoms with Gasteiger partial charge < -0.3 is 10.0 Å². The highest BCUT2D eigenvalue weighted by molar-refractivity contribution is 4.97. The zero-order valence-electron chi connectivity index (χ0n) is 10.4. The fourth-order valence-electron chi connectivity index (χ4n) is 2.95. The van der Waals surface area contributed by atoms with Gasteiger partial charge in [-0.05, 0) is 37.6 Å². The Balaban J connectivity index is 1.94. The van der Waals surface area contributed by atoms with Crippen molar-refractivity contribution in [1.82, 2.24) is 4.90 Å². The number of hydrogen-bond donors (Lipinski definition) is 1. The smallest absolute Gasteiger partial charge is 0.0700 e. The molecule has 0 aromatic rings. The van der Waals surface area contributed by atoms with Crippen LogP contribution < -0.4 is 0 Å². The Morgan fingerprint density at radius 1 is 1.33 bits per heavy atom. The van der Waals surface area contributed by atoms with Crippen LogP contribution in [0.3, 0.4) is 0 Å². The van der Waals surface area contributed by atoms with E-state index in [1.807, 2.05) is 0 Å². The van der Waals surface area contributed by atoms with Gasteiger partial charge in [-0.1, -0.05) is 20.8 Å². The van der Waals surface area contributed by atoms with Gasteiger partial charge in [0.1, 0.15) is 0 Å². The fraction of sp³-hybridized carbons (Fsp3) is 1.00. The van der Waals surface area contributed by atoms with Crippen molar-refractivity contribution in [3.05, 3.63) is 0 Å². The van der Waals surface area contributed by atoms with E-state index in [1.165, 1.54) is 13.0 Å². The summed E-state index contributed by atoms with van der Waals surface area (Å²) in [4.78, 5) is 2.50. The van der Waals surface area contributed by atoms with Crippen molar-refractivity contribution < 1.29 is 5.11 Å². The van der Waals surface area contributed by atoms with Crippen molar-refractivity contribution >= 4 is 0 Å². The van der Waals surface area contributed by atoms with Crippen molar-refractivity contribution in [2.45, 2.75) is 52.1 Å². The topological polar surface area (TPSA) is 23.5 Å². The van der Waals surface area contributed by atoms with Gasteiger partial charge in [-0.2, -0.15) is 0 Å². The first-order chi connectivity index (χ1) is 6.89. The molecule has 2 bridgehead atoms. The van der Waals surface area contributed by atoms with Gasteiger partial charge in [-0.15, -0.1) is 0 Å². The van der Waals surface area contributed by atoms with Gasteiger partial charge in [0.2, 0.25) is 0 Å². The highest BCUT2D eigenvalue weighted by atomic mass is 16.3. The molecule has 0 aromatic carbocycles. The van der Waals surface area contributed by atoms with Crippen LogP contribution in [0.4, 0.5) is 0 Å². The van der Waals surface area contributed by atoms with Crippen LogP contribution in [0.1, 0.15) is 46.5 Å². The zero-order chi connectivity index (χ0) is 11.1. The van der Waals surface area contributed by atoms with E-state index in [2.05, 4.69) is 25.7 Å². The summed E-state index contributed by atoms with van der Waals surface area (Å²) in [6, 6.07) is 0. The SMILES string of the molecule is CC(C)(C)CCC1(O)CCN2CCC1C2. The van der Waals surface area contributed by atoms with Crippen LogP contribution in [0.15, 0.2) is 0 Å². The molecule has 2 saturated heterocycles. The van der Waals surface area contributed by atoms with E-state index in [9.17, 15) is 5.11 Å². The Bertz CT molecular complexity index is 233. The molecule has 2 aliphatic rings. The predicted octanol–water partition coefficient (Wildman–Crippen LogP) is 2.27. The first-order valence-corrected chi connectivity index (χ1v) is 6.34. The number of hydrogen-bond acceptors (Lipinski definition) is 2. The van der Waals surface area contributed by atoms with Crippen LogP contribution in [0.5, 0.6) is 0 Å². The van der Waals surface area contributed by atoms with E-state index < -0.39 is 0 Å². The molecule has 0 aromatic heterocycles. The Hall–Kier alpha value is -0.0800. The largest absolute Gasteiger partial charge is 0.390 e. The Kier molecular flexibility index (Phi) is 2.85. The lowest BCUT2D eigenvalue weighted by Gasteiger charge is -2.40. The molecule has 0 spiro atoms. The van der Waals surface area contributed by atoms with Gasteiger partial charge in [0.05, 0.1) is 5.60 Å². The molecule has 0 aliphatic carbocycles. The number of rotatable bonds is 2. The summed E-state index contributed by atoms with van der Waals surface area (Å²) in [5.41, 5.74) is 0.00570. The Morgan fingerprint density at radius 3 is 2.73 bits per heavy atom. The van der Waals surface area contributed by atoms with Crippen molar-refractivity contribution in [2.24, 2.45) is 11.3 Å². The minimum absolute atomic E-state index is 0.347. The molecule has 2 heteroatoms. The maximum absolute atomic E-state index is 10.7. The second kappa shape index (κ2) is 3.74. The summed E-state index contributed by atoms with van der Waals surface area (Å²) >= 11 is 0. The van der Waals surface area contributed by atoms with E-state index in [-0.39, 0.29) is 5.60 Å². The Labute approximate surface area is 93.7 Å². The molecule has 3 unspecified atom stereocenters. The van der Waals surface area contributed by atoms with Gasteiger partial charge in [0.15, 0.2) is 0 Å². The molecule has 2 fully saturated rings. The summed E-state index contributed by atoms with van der Waals surface area (Å²) in [6.07, 6.45) is 4.34.